The number of fused-ring (bicyclic) bond motifs is 3. The third-order valence-electron chi connectivity index (χ3n) is 5.51. The first-order valence-electron chi connectivity index (χ1n) is 9.47. The molecule has 5 rings (SSSR count). The van der Waals surface area contributed by atoms with E-state index in [2.05, 4.69) is 23.5 Å². The number of aromatic nitrogens is 1. The van der Waals surface area contributed by atoms with Crippen LogP contribution >= 0.6 is 11.8 Å². The molecule has 152 valence electrons. The van der Waals surface area contributed by atoms with Crippen LogP contribution in [0.25, 0.3) is 0 Å². The van der Waals surface area contributed by atoms with E-state index in [0.717, 1.165) is 33.1 Å². The van der Waals surface area contributed by atoms with Crippen LogP contribution in [0.2, 0.25) is 0 Å². The van der Waals surface area contributed by atoms with Gasteiger partial charge >= 0.3 is 0 Å². The van der Waals surface area contributed by atoms with E-state index in [1.54, 1.807) is 23.5 Å². The molecule has 2 aliphatic heterocycles. The van der Waals surface area contributed by atoms with Crippen LogP contribution in [0.4, 0.5) is 0 Å². The maximum Gasteiger partial charge on any atom is 0.275 e. The monoisotopic (exact) mass is 421 g/mol. The van der Waals surface area contributed by atoms with Crippen LogP contribution in [0.5, 0.6) is 11.5 Å². The zero-order chi connectivity index (χ0) is 20.8. The van der Waals surface area contributed by atoms with Crippen molar-refractivity contribution in [1.82, 2.24) is 9.99 Å². The third kappa shape index (κ3) is 2.75. The number of nitrogens with one attached hydrogen (secondary N) is 1. The number of carbonyl (C=O) groups is 1. The number of thioether (sulfide) groups is 1. The number of carbonyl (C=O) groups excluding carboxylic acids is 1. The smallest absolute Gasteiger partial charge is 0.275 e. The molecule has 8 heteroatoms. The fourth-order valence-corrected chi connectivity index (χ4v) is 5.26. The number of amides is 1. The SMILES string of the molecule is COc1cccc2c1CSc1ccccc1C2N1CNC(=O)c2c(O)c(=O)ccn21. The Balaban J connectivity index is 1.78. The van der Waals surface area contributed by atoms with E-state index in [4.69, 9.17) is 4.74 Å². The molecule has 3 aromatic rings. The molecule has 1 amide bonds. The molecule has 1 unspecified atom stereocenters. The number of hydrogen-bond acceptors (Lipinski definition) is 6. The second-order valence-corrected chi connectivity index (χ2v) is 8.10. The molecule has 0 fully saturated rings. The molecule has 3 heterocycles. The standard InChI is InChI=1S/C22H19N3O4S/c1-29-17-7-4-6-13-15(17)11-30-18-8-3-2-5-14(18)19(13)25-12-23-22(28)20-21(27)16(26)9-10-24(20)25/h2-10,19,27H,11-12H2,1H3,(H,23,28). The predicted molar refractivity (Wildman–Crippen MR) is 114 cm³/mol. The number of aromatic hydroxyl groups is 1. The summed E-state index contributed by atoms with van der Waals surface area (Å²) in [6.45, 7) is 0.217. The minimum atomic E-state index is -0.586. The molecule has 1 aromatic heterocycles. The summed E-state index contributed by atoms with van der Waals surface area (Å²) in [5, 5.41) is 15.1. The highest BCUT2D eigenvalue weighted by molar-refractivity contribution is 7.98. The molecular weight excluding hydrogens is 402 g/mol. The number of ether oxygens (including phenoxy) is 1. The fourth-order valence-electron chi connectivity index (χ4n) is 4.13. The zero-order valence-electron chi connectivity index (χ0n) is 16.2. The van der Waals surface area contributed by atoms with Crippen LogP contribution in [0.15, 0.2) is 64.4 Å². The molecule has 2 N–H and O–H groups in total. The molecular formula is C22H19N3O4S. The Morgan fingerprint density at radius 3 is 2.73 bits per heavy atom. The maximum atomic E-state index is 12.5. The van der Waals surface area contributed by atoms with E-state index in [1.165, 1.54) is 12.3 Å². The Bertz CT molecular complexity index is 1220. The summed E-state index contributed by atoms with van der Waals surface area (Å²) >= 11 is 1.73. The van der Waals surface area contributed by atoms with Crippen molar-refractivity contribution in [2.75, 3.05) is 18.8 Å². The van der Waals surface area contributed by atoms with Crippen molar-refractivity contribution in [2.24, 2.45) is 0 Å². The second kappa shape index (κ2) is 7.14. The fraction of sp³-hybridized carbons (Fsp3) is 0.182. The summed E-state index contributed by atoms with van der Waals surface area (Å²) in [6.07, 6.45) is 1.54. The van der Waals surface area contributed by atoms with Gasteiger partial charge in [0.1, 0.15) is 12.4 Å². The number of methoxy groups -OCH3 is 1. The average molecular weight is 421 g/mol. The molecule has 0 saturated heterocycles. The highest BCUT2D eigenvalue weighted by atomic mass is 32.2. The van der Waals surface area contributed by atoms with Gasteiger partial charge in [-0.1, -0.05) is 30.3 Å². The molecule has 0 saturated carbocycles. The van der Waals surface area contributed by atoms with E-state index < -0.39 is 17.1 Å². The van der Waals surface area contributed by atoms with Crippen molar-refractivity contribution in [2.45, 2.75) is 16.7 Å². The molecule has 1 atom stereocenters. The second-order valence-electron chi connectivity index (χ2n) is 7.08. The van der Waals surface area contributed by atoms with Gasteiger partial charge in [0.15, 0.2) is 11.4 Å². The summed E-state index contributed by atoms with van der Waals surface area (Å²) in [4.78, 5) is 25.6. The van der Waals surface area contributed by atoms with Gasteiger partial charge in [-0.05, 0) is 23.3 Å². The van der Waals surface area contributed by atoms with Crippen LogP contribution < -0.4 is 20.5 Å². The molecule has 0 bridgehead atoms. The molecule has 2 aromatic carbocycles. The van der Waals surface area contributed by atoms with E-state index in [-0.39, 0.29) is 18.4 Å². The number of hydrogen-bond donors (Lipinski definition) is 2. The van der Waals surface area contributed by atoms with Crippen LogP contribution in [-0.2, 0) is 5.75 Å². The number of nitrogens with zero attached hydrogens (tertiary/aromatic N) is 2. The van der Waals surface area contributed by atoms with Crippen molar-refractivity contribution >= 4 is 17.7 Å². The van der Waals surface area contributed by atoms with E-state index in [9.17, 15) is 14.7 Å². The van der Waals surface area contributed by atoms with Gasteiger partial charge in [0.2, 0.25) is 5.43 Å². The van der Waals surface area contributed by atoms with Crippen LogP contribution in [-0.4, -0.2) is 29.5 Å². The first-order chi connectivity index (χ1) is 14.6. The van der Waals surface area contributed by atoms with Crippen molar-refractivity contribution in [1.29, 1.82) is 0 Å². The lowest BCUT2D eigenvalue weighted by atomic mass is 9.94. The third-order valence-corrected chi connectivity index (χ3v) is 6.63. The number of benzene rings is 2. The Kier molecular flexibility index (Phi) is 4.43. The van der Waals surface area contributed by atoms with Gasteiger partial charge in [0.25, 0.3) is 5.91 Å². The Morgan fingerprint density at radius 2 is 1.90 bits per heavy atom. The molecule has 7 nitrogen and oxygen atoms in total. The highest BCUT2D eigenvalue weighted by Crippen LogP contribution is 2.44. The van der Waals surface area contributed by atoms with Gasteiger partial charge in [-0.2, -0.15) is 0 Å². The molecule has 30 heavy (non-hydrogen) atoms. The summed E-state index contributed by atoms with van der Waals surface area (Å²) in [6, 6.07) is 15.1. The van der Waals surface area contributed by atoms with Crippen molar-refractivity contribution in [3.8, 4) is 11.5 Å². The van der Waals surface area contributed by atoms with E-state index in [0.29, 0.717) is 0 Å². The largest absolute Gasteiger partial charge is 0.502 e. The topological polar surface area (TPSA) is 83.8 Å². The van der Waals surface area contributed by atoms with Crippen LogP contribution in [0.3, 0.4) is 0 Å². The van der Waals surface area contributed by atoms with Crippen molar-refractivity contribution < 1.29 is 14.6 Å². The summed E-state index contributed by atoms with van der Waals surface area (Å²) in [5.74, 6) is 0.516. The quantitative estimate of drug-likeness (QED) is 0.662. The summed E-state index contributed by atoms with van der Waals surface area (Å²) in [5.41, 5.74) is 2.56. The lowest BCUT2D eigenvalue weighted by Crippen LogP contribution is -2.53. The number of pyridine rings is 1. The van der Waals surface area contributed by atoms with Crippen molar-refractivity contribution in [3.63, 3.8) is 0 Å². The average Bonchev–Trinajstić information content (AvgIpc) is 2.93. The van der Waals surface area contributed by atoms with Gasteiger partial charge in [-0.25, -0.2) is 0 Å². The summed E-state index contributed by atoms with van der Waals surface area (Å²) < 4.78 is 7.21. The molecule has 0 spiro atoms. The lowest BCUT2D eigenvalue weighted by Gasteiger charge is -2.40. The normalized spacial score (nSPS) is 17.3. The molecule has 2 aliphatic rings. The molecule has 0 aliphatic carbocycles. The lowest BCUT2D eigenvalue weighted by molar-refractivity contribution is 0.0915. The van der Waals surface area contributed by atoms with Gasteiger partial charge in [0, 0.05) is 28.5 Å². The Morgan fingerprint density at radius 1 is 1.10 bits per heavy atom. The first kappa shape index (κ1) is 18.6. The summed E-state index contributed by atoms with van der Waals surface area (Å²) in [7, 11) is 1.66. The van der Waals surface area contributed by atoms with Gasteiger partial charge in [0.05, 0.1) is 13.2 Å². The minimum Gasteiger partial charge on any atom is -0.502 e. The molecule has 0 radical (unpaired) electrons. The Hall–Kier alpha value is -3.39. The maximum absolute atomic E-state index is 12.5. The number of rotatable bonds is 2. The van der Waals surface area contributed by atoms with Gasteiger partial charge in [-0.15, -0.1) is 11.8 Å². The van der Waals surface area contributed by atoms with Gasteiger partial charge in [-0.3, -0.25) is 19.3 Å². The predicted octanol–water partition coefficient (Wildman–Crippen LogP) is 2.60. The van der Waals surface area contributed by atoms with Gasteiger partial charge < -0.3 is 15.2 Å². The van der Waals surface area contributed by atoms with Crippen molar-refractivity contribution in [3.05, 3.63) is 87.3 Å². The van der Waals surface area contributed by atoms with E-state index in [1.807, 2.05) is 29.3 Å². The minimum absolute atomic E-state index is 0.0624. The zero-order valence-corrected chi connectivity index (χ0v) is 17.0. The highest BCUT2D eigenvalue weighted by Gasteiger charge is 2.35. The van der Waals surface area contributed by atoms with Crippen LogP contribution in [0.1, 0.15) is 33.2 Å². The first-order valence-corrected chi connectivity index (χ1v) is 10.5. The van der Waals surface area contributed by atoms with E-state index >= 15 is 0 Å². The van der Waals surface area contributed by atoms with Crippen LogP contribution in [0, 0.1) is 0 Å². The Labute approximate surface area is 176 Å².